The van der Waals surface area contributed by atoms with Crippen molar-refractivity contribution in [1.82, 2.24) is 10.8 Å². The Morgan fingerprint density at radius 2 is 2.06 bits per heavy atom. The molecule has 1 atom stereocenters. The van der Waals surface area contributed by atoms with Crippen molar-refractivity contribution in [2.24, 2.45) is 0 Å². The van der Waals surface area contributed by atoms with E-state index in [9.17, 15) is 13.2 Å². The van der Waals surface area contributed by atoms with Crippen LogP contribution in [0.4, 0.5) is 0 Å². The van der Waals surface area contributed by atoms with Crippen LogP contribution in [0.25, 0.3) is 0 Å². The maximum Gasteiger partial charge on any atom is 0.264 e. The summed E-state index contributed by atoms with van der Waals surface area (Å²) in [6.45, 7) is 3.59. The van der Waals surface area contributed by atoms with E-state index in [2.05, 4.69) is 5.32 Å². The summed E-state index contributed by atoms with van der Waals surface area (Å²) in [5.74, 6) is -0.915. The van der Waals surface area contributed by atoms with Gasteiger partial charge in [-0.3, -0.25) is 10.0 Å². The molecule has 0 spiro atoms. The summed E-state index contributed by atoms with van der Waals surface area (Å²) in [6.07, 6.45) is 5.51. The van der Waals surface area contributed by atoms with Gasteiger partial charge in [-0.1, -0.05) is 13.0 Å². The number of hydroxylamine groups is 1. The number of sulfone groups is 1. The quantitative estimate of drug-likeness (QED) is 0.347. The van der Waals surface area contributed by atoms with Gasteiger partial charge in [-0.15, -0.1) is 0 Å². The number of rotatable bonds is 7. The molecule has 0 aromatic heterocycles. The average Bonchev–Trinajstić information content (AvgIpc) is 2.25. The molecule has 0 aromatic rings. The van der Waals surface area contributed by atoms with E-state index in [0.717, 1.165) is 12.7 Å². The van der Waals surface area contributed by atoms with Crippen LogP contribution in [0.1, 0.15) is 26.7 Å². The van der Waals surface area contributed by atoms with Crippen LogP contribution in [0.2, 0.25) is 0 Å². The molecule has 0 saturated carbocycles. The van der Waals surface area contributed by atoms with Gasteiger partial charge in [-0.05, 0) is 26.0 Å². The minimum absolute atomic E-state index is 0.0757. The molecule has 17 heavy (non-hydrogen) atoms. The highest BCUT2D eigenvalue weighted by molar-refractivity contribution is 7.92. The molecule has 0 aliphatic rings. The van der Waals surface area contributed by atoms with Crippen molar-refractivity contribution in [3.63, 3.8) is 0 Å². The Balaban J connectivity index is 4.64. The van der Waals surface area contributed by atoms with Crippen LogP contribution >= 0.6 is 0 Å². The van der Waals surface area contributed by atoms with Crippen LogP contribution in [0.3, 0.4) is 0 Å². The van der Waals surface area contributed by atoms with E-state index in [1.165, 1.54) is 12.4 Å². The van der Waals surface area contributed by atoms with Crippen LogP contribution < -0.4 is 10.8 Å². The van der Waals surface area contributed by atoms with Crippen LogP contribution in [-0.2, 0) is 14.6 Å². The molecule has 0 aliphatic heterocycles. The zero-order chi connectivity index (χ0) is 13.5. The monoisotopic (exact) mass is 264 g/mol. The molecular formula is C10H20N2O4S. The summed E-state index contributed by atoms with van der Waals surface area (Å²) in [5.41, 5.74) is 1.40. The van der Waals surface area contributed by atoms with E-state index in [0.29, 0.717) is 6.54 Å². The van der Waals surface area contributed by atoms with Gasteiger partial charge in [-0.25, -0.2) is 13.9 Å². The SMILES string of the molecule is CC/C=C\NCCC(C)(C(=O)NO)S(C)(=O)=O. The third-order valence-electron chi connectivity index (χ3n) is 2.62. The fourth-order valence-corrected chi connectivity index (χ4v) is 2.04. The van der Waals surface area contributed by atoms with Gasteiger partial charge in [0.15, 0.2) is 14.6 Å². The average molecular weight is 264 g/mol. The molecule has 0 radical (unpaired) electrons. The fraction of sp³-hybridized carbons (Fsp3) is 0.700. The Morgan fingerprint density at radius 3 is 2.47 bits per heavy atom. The van der Waals surface area contributed by atoms with E-state index in [1.807, 2.05) is 13.0 Å². The van der Waals surface area contributed by atoms with Gasteiger partial charge in [0.25, 0.3) is 5.91 Å². The molecule has 0 rings (SSSR count). The Hall–Kier alpha value is -1.08. The molecule has 0 saturated heterocycles. The number of nitrogens with one attached hydrogen (secondary N) is 2. The highest BCUT2D eigenvalue weighted by Crippen LogP contribution is 2.20. The van der Waals surface area contributed by atoms with Crippen LogP contribution in [0.15, 0.2) is 12.3 Å². The van der Waals surface area contributed by atoms with E-state index in [1.54, 1.807) is 6.20 Å². The zero-order valence-corrected chi connectivity index (χ0v) is 11.2. The summed E-state index contributed by atoms with van der Waals surface area (Å²) < 4.78 is 21.5. The molecule has 0 heterocycles. The Bertz CT molecular complexity index is 378. The predicted molar refractivity (Wildman–Crippen MR) is 65.2 cm³/mol. The number of hydrogen-bond donors (Lipinski definition) is 3. The van der Waals surface area contributed by atoms with Gasteiger partial charge < -0.3 is 5.32 Å². The molecule has 1 amide bonds. The highest BCUT2D eigenvalue weighted by Gasteiger charge is 2.42. The highest BCUT2D eigenvalue weighted by atomic mass is 32.2. The summed E-state index contributed by atoms with van der Waals surface area (Å²) in [5, 5.41) is 11.5. The Kier molecular flexibility index (Phi) is 6.19. The molecule has 7 heteroatoms. The molecule has 0 aliphatic carbocycles. The van der Waals surface area contributed by atoms with Gasteiger partial charge in [0, 0.05) is 12.8 Å². The third kappa shape index (κ3) is 4.35. The van der Waals surface area contributed by atoms with Crippen molar-refractivity contribution >= 4 is 15.7 Å². The maximum atomic E-state index is 11.6. The van der Waals surface area contributed by atoms with Crippen molar-refractivity contribution in [2.75, 3.05) is 12.8 Å². The summed E-state index contributed by atoms with van der Waals surface area (Å²) in [6, 6.07) is 0. The summed E-state index contributed by atoms with van der Waals surface area (Å²) in [4.78, 5) is 11.4. The molecule has 3 N–H and O–H groups in total. The summed E-state index contributed by atoms with van der Waals surface area (Å²) in [7, 11) is -3.60. The van der Waals surface area contributed by atoms with Crippen molar-refractivity contribution in [3.8, 4) is 0 Å². The molecule has 6 nitrogen and oxygen atoms in total. The van der Waals surface area contributed by atoms with Gasteiger partial charge >= 0.3 is 0 Å². The lowest BCUT2D eigenvalue weighted by Crippen LogP contribution is -2.50. The first-order chi connectivity index (χ1) is 7.79. The normalized spacial score (nSPS) is 15.5. The number of carbonyl (C=O) groups is 1. The standard InChI is InChI=1S/C10H20N2O4S/c1-4-5-7-11-8-6-10(2,9(13)12-14)17(3,15)16/h5,7,11,14H,4,6,8H2,1-3H3,(H,12,13)/b7-5-. The fourth-order valence-electron chi connectivity index (χ4n) is 1.18. The molecule has 100 valence electrons. The van der Waals surface area contributed by atoms with Crippen LogP contribution in [0, 0.1) is 0 Å². The summed E-state index contributed by atoms with van der Waals surface area (Å²) >= 11 is 0. The van der Waals surface area contributed by atoms with Crippen molar-refractivity contribution in [3.05, 3.63) is 12.3 Å². The van der Waals surface area contributed by atoms with Crippen LogP contribution in [-0.4, -0.2) is 37.1 Å². The number of carbonyl (C=O) groups excluding carboxylic acids is 1. The molecule has 0 bridgehead atoms. The predicted octanol–water partition coefficient (Wildman–Crippen LogP) is 0.199. The molecule has 0 fully saturated rings. The Morgan fingerprint density at radius 1 is 1.47 bits per heavy atom. The van der Waals surface area contributed by atoms with E-state index in [4.69, 9.17) is 5.21 Å². The minimum atomic E-state index is -3.60. The third-order valence-corrected chi connectivity index (χ3v) is 4.64. The van der Waals surface area contributed by atoms with Crippen molar-refractivity contribution in [2.45, 2.75) is 31.4 Å². The lowest BCUT2D eigenvalue weighted by atomic mass is 10.1. The number of allylic oxidation sites excluding steroid dienone is 1. The smallest absolute Gasteiger partial charge is 0.264 e. The lowest BCUT2D eigenvalue weighted by Gasteiger charge is -2.24. The lowest BCUT2D eigenvalue weighted by molar-refractivity contribution is -0.131. The van der Waals surface area contributed by atoms with E-state index >= 15 is 0 Å². The first kappa shape index (κ1) is 15.9. The van der Waals surface area contributed by atoms with Gasteiger partial charge in [0.1, 0.15) is 0 Å². The van der Waals surface area contributed by atoms with Crippen LogP contribution in [0.5, 0.6) is 0 Å². The number of amides is 1. The largest absolute Gasteiger partial charge is 0.391 e. The second kappa shape index (κ2) is 6.61. The van der Waals surface area contributed by atoms with E-state index < -0.39 is 20.5 Å². The van der Waals surface area contributed by atoms with Gasteiger partial charge in [0.2, 0.25) is 0 Å². The van der Waals surface area contributed by atoms with E-state index in [-0.39, 0.29) is 6.42 Å². The first-order valence-electron chi connectivity index (χ1n) is 5.32. The Labute approximate surface area is 102 Å². The van der Waals surface area contributed by atoms with Crippen molar-refractivity contribution < 1.29 is 18.4 Å². The molecule has 1 unspecified atom stereocenters. The molecule has 0 aromatic carbocycles. The van der Waals surface area contributed by atoms with Gasteiger partial charge in [0.05, 0.1) is 0 Å². The minimum Gasteiger partial charge on any atom is -0.391 e. The second-order valence-electron chi connectivity index (χ2n) is 3.96. The maximum absolute atomic E-state index is 11.6. The second-order valence-corrected chi connectivity index (χ2v) is 6.40. The zero-order valence-electron chi connectivity index (χ0n) is 10.4. The van der Waals surface area contributed by atoms with Gasteiger partial charge in [-0.2, -0.15) is 0 Å². The number of hydrogen-bond acceptors (Lipinski definition) is 5. The van der Waals surface area contributed by atoms with Crippen molar-refractivity contribution in [1.29, 1.82) is 0 Å². The first-order valence-corrected chi connectivity index (χ1v) is 7.21. The molecular weight excluding hydrogens is 244 g/mol. The topological polar surface area (TPSA) is 95.5 Å².